The molecule has 0 spiro atoms. The lowest BCUT2D eigenvalue weighted by Gasteiger charge is -2.40. The molecule has 0 aliphatic carbocycles. The highest BCUT2D eigenvalue weighted by atomic mass is 16.3. The average Bonchev–Trinajstić information content (AvgIpc) is 2.50. The Hall–Kier alpha value is -1.06. The van der Waals surface area contributed by atoms with Crippen LogP contribution in [0.25, 0.3) is 0 Å². The Kier molecular flexibility index (Phi) is 5.06. The Morgan fingerprint density at radius 1 is 1.25 bits per heavy atom. The Balaban J connectivity index is 2.23. The van der Waals surface area contributed by atoms with E-state index in [4.69, 9.17) is 0 Å². The van der Waals surface area contributed by atoms with Gasteiger partial charge in [0.1, 0.15) is 0 Å². The number of hydrogen-bond donors (Lipinski definition) is 2. The maximum atomic E-state index is 10.6. The van der Waals surface area contributed by atoms with Crippen LogP contribution in [0.4, 0.5) is 5.69 Å². The van der Waals surface area contributed by atoms with Crippen molar-refractivity contribution in [2.45, 2.75) is 51.7 Å². The van der Waals surface area contributed by atoms with Gasteiger partial charge in [-0.1, -0.05) is 39.0 Å². The minimum Gasteiger partial charge on any atom is -0.388 e. The third-order valence-electron chi connectivity index (χ3n) is 4.59. The molecular formula is C17H28N2O. The summed E-state index contributed by atoms with van der Waals surface area (Å²) in [5, 5.41) is 14.2. The van der Waals surface area contributed by atoms with Gasteiger partial charge in [-0.05, 0) is 37.4 Å². The Morgan fingerprint density at radius 2 is 1.95 bits per heavy atom. The number of nitrogens with one attached hydrogen (secondary N) is 1. The lowest BCUT2D eigenvalue weighted by Crippen LogP contribution is -2.46. The standard InChI is InChI=1S/C17H28N2O/c1-4-17(20,5-2)13-19-12-11-15(18-6-3)14-9-7-8-10-16(14)19/h7-10,15,18,20H,4-6,11-13H2,1-3H3. The first kappa shape index (κ1) is 15.3. The normalized spacial score (nSPS) is 19.0. The molecular weight excluding hydrogens is 248 g/mol. The molecule has 3 heteroatoms. The fourth-order valence-corrected chi connectivity index (χ4v) is 3.08. The molecule has 0 radical (unpaired) electrons. The quantitative estimate of drug-likeness (QED) is 0.838. The van der Waals surface area contributed by atoms with Crippen molar-refractivity contribution >= 4 is 5.69 Å². The van der Waals surface area contributed by atoms with Gasteiger partial charge in [0.25, 0.3) is 0 Å². The van der Waals surface area contributed by atoms with E-state index in [1.165, 1.54) is 11.3 Å². The first-order chi connectivity index (χ1) is 9.63. The van der Waals surface area contributed by atoms with Gasteiger partial charge in [-0.3, -0.25) is 0 Å². The summed E-state index contributed by atoms with van der Waals surface area (Å²) < 4.78 is 0. The van der Waals surface area contributed by atoms with Crippen LogP contribution in [0, 0.1) is 0 Å². The molecule has 1 heterocycles. The van der Waals surface area contributed by atoms with E-state index in [-0.39, 0.29) is 0 Å². The first-order valence-corrected chi connectivity index (χ1v) is 7.93. The van der Waals surface area contributed by atoms with Crippen molar-refractivity contribution in [1.82, 2.24) is 5.32 Å². The highest BCUT2D eigenvalue weighted by molar-refractivity contribution is 5.57. The molecule has 0 saturated heterocycles. The van der Waals surface area contributed by atoms with Gasteiger partial charge in [-0.15, -0.1) is 0 Å². The van der Waals surface area contributed by atoms with Gasteiger partial charge in [-0.2, -0.15) is 0 Å². The molecule has 0 amide bonds. The van der Waals surface area contributed by atoms with Crippen molar-refractivity contribution in [3.05, 3.63) is 29.8 Å². The molecule has 1 aliphatic heterocycles. The second kappa shape index (κ2) is 6.59. The summed E-state index contributed by atoms with van der Waals surface area (Å²) in [6.45, 7) is 9.03. The molecule has 1 aromatic rings. The Morgan fingerprint density at radius 3 is 2.60 bits per heavy atom. The van der Waals surface area contributed by atoms with Gasteiger partial charge in [0.05, 0.1) is 5.60 Å². The van der Waals surface area contributed by atoms with Gasteiger partial charge in [-0.25, -0.2) is 0 Å². The number of fused-ring (bicyclic) bond motifs is 1. The molecule has 0 aromatic heterocycles. The number of anilines is 1. The van der Waals surface area contributed by atoms with Crippen molar-refractivity contribution in [2.24, 2.45) is 0 Å². The smallest absolute Gasteiger partial charge is 0.0816 e. The van der Waals surface area contributed by atoms with Crippen LogP contribution in [-0.2, 0) is 0 Å². The van der Waals surface area contributed by atoms with E-state index in [9.17, 15) is 5.11 Å². The van der Waals surface area contributed by atoms with Crippen molar-refractivity contribution in [1.29, 1.82) is 0 Å². The van der Waals surface area contributed by atoms with Crippen LogP contribution in [-0.4, -0.2) is 30.3 Å². The lowest BCUT2D eigenvalue weighted by molar-refractivity contribution is 0.0388. The number of aliphatic hydroxyl groups is 1. The van der Waals surface area contributed by atoms with E-state index < -0.39 is 5.60 Å². The van der Waals surface area contributed by atoms with Crippen LogP contribution >= 0.6 is 0 Å². The predicted octanol–water partition coefficient (Wildman–Crippen LogP) is 3.10. The van der Waals surface area contributed by atoms with Gasteiger partial charge in [0, 0.05) is 24.8 Å². The van der Waals surface area contributed by atoms with Crippen molar-refractivity contribution in [3.8, 4) is 0 Å². The zero-order chi connectivity index (χ0) is 14.6. The minimum absolute atomic E-state index is 0.448. The molecule has 3 nitrogen and oxygen atoms in total. The molecule has 0 fully saturated rings. The zero-order valence-electron chi connectivity index (χ0n) is 13.0. The highest BCUT2D eigenvalue weighted by Gasteiger charge is 2.30. The summed E-state index contributed by atoms with van der Waals surface area (Å²) in [4.78, 5) is 2.36. The van der Waals surface area contributed by atoms with Crippen LogP contribution in [0.1, 0.15) is 51.6 Å². The van der Waals surface area contributed by atoms with Crippen molar-refractivity contribution in [2.75, 3.05) is 24.5 Å². The predicted molar refractivity (Wildman–Crippen MR) is 85.2 cm³/mol. The van der Waals surface area contributed by atoms with Gasteiger partial charge < -0.3 is 15.3 Å². The number of hydrogen-bond acceptors (Lipinski definition) is 3. The zero-order valence-corrected chi connectivity index (χ0v) is 13.0. The number of para-hydroxylation sites is 1. The SMILES string of the molecule is CCNC1CCN(CC(O)(CC)CC)c2ccccc21. The van der Waals surface area contributed by atoms with E-state index in [0.717, 1.165) is 38.9 Å². The molecule has 1 aliphatic rings. The number of rotatable bonds is 6. The Labute approximate surface area is 123 Å². The van der Waals surface area contributed by atoms with Gasteiger partial charge in [0.2, 0.25) is 0 Å². The molecule has 0 saturated carbocycles. The van der Waals surface area contributed by atoms with Gasteiger partial charge >= 0.3 is 0 Å². The maximum absolute atomic E-state index is 10.6. The highest BCUT2D eigenvalue weighted by Crippen LogP contribution is 2.35. The summed E-state index contributed by atoms with van der Waals surface area (Å²) in [6.07, 6.45) is 2.71. The average molecular weight is 276 g/mol. The second-order valence-electron chi connectivity index (χ2n) is 5.81. The molecule has 20 heavy (non-hydrogen) atoms. The number of nitrogens with zero attached hydrogens (tertiary/aromatic N) is 1. The minimum atomic E-state index is -0.571. The summed E-state index contributed by atoms with van der Waals surface area (Å²) >= 11 is 0. The topological polar surface area (TPSA) is 35.5 Å². The fourth-order valence-electron chi connectivity index (χ4n) is 3.08. The van der Waals surface area contributed by atoms with Crippen LogP contribution in [0.5, 0.6) is 0 Å². The second-order valence-corrected chi connectivity index (χ2v) is 5.81. The van der Waals surface area contributed by atoms with E-state index in [2.05, 4.69) is 55.3 Å². The molecule has 0 bridgehead atoms. The summed E-state index contributed by atoms with van der Waals surface area (Å²) in [7, 11) is 0. The molecule has 1 aromatic carbocycles. The molecule has 2 rings (SSSR count). The lowest BCUT2D eigenvalue weighted by atomic mass is 9.92. The third kappa shape index (κ3) is 3.15. The van der Waals surface area contributed by atoms with Crippen LogP contribution in [0.15, 0.2) is 24.3 Å². The molecule has 1 atom stereocenters. The largest absolute Gasteiger partial charge is 0.388 e. The van der Waals surface area contributed by atoms with Crippen LogP contribution in [0.3, 0.4) is 0 Å². The van der Waals surface area contributed by atoms with Crippen molar-refractivity contribution in [3.63, 3.8) is 0 Å². The molecule has 112 valence electrons. The van der Waals surface area contributed by atoms with Crippen LogP contribution in [0.2, 0.25) is 0 Å². The van der Waals surface area contributed by atoms with Gasteiger partial charge in [0.15, 0.2) is 0 Å². The fraction of sp³-hybridized carbons (Fsp3) is 0.647. The van der Waals surface area contributed by atoms with E-state index in [1.54, 1.807) is 0 Å². The number of benzene rings is 1. The monoisotopic (exact) mass is 276 g/mol. The summed E-state index contributed by atoms with van der Waals surface area (Å²) in [5.41, 5.74) is 2.08. The van der Waals surface area contributed by atoms with E-state index in [0.29, 0.717) is 6.04 Å². The van der Waals surface area contributed by atoms with Crippen LogP contribution < -0.4 is 10.2 Å². The third-order valence-corrected chi connectivity index (χ3v) is 4.59. The van der Waals surface area contributed by atoms with E-state index in [1.807, 2.05) is 0 Å². The number of β-amino-alcohol motifs (C(OH)–C–C–N with tert-alkyl or cyclic N) is 1. The first-order valence-electron chi connectivity index (χ1n) is 7.93. The molecule has 2 N–H and O–H groups in total. The maximum Gasteiger partial charge on any atom is 0.0816 e. The summed E-state index contributed by atoms with van der Waals surface area (Å²) in [6, 6.07) is 9.05. The van der Waals surface area contributed by atoms with Crippen molar-refractivity contribution < 1.29 is 5.11 Å². The molecule has 1 unspecified atom stereocenters. The Bertz CT molecular complexity index is 429. The van der Waals surface area contributed by atoms with E-state index >= 15 is 0 Å². The summed E-state index contributed by atoms with van der Waals surface area (Å²) in [5.74, 6) is 0.